The molecule has 0 aliphatic carbocycles. The normalized spacial score (nSPS) is 9.30. The highest BCUT2D eigenvalue weighted by atomic mass is 14.0. The van der Waals surface area contributed by atoms with Crippen LogP contribution in [0.15, 0.2) is 24.8 Å². The van der Waals surface area contributed by atoms with Crippen LogP contribution < -0.4 is 0 Å². The summed E-state index contributed by atoms with van der Waals surface area (Å²) in [7, 11) is 0. The minimum atomic E-state index is 1.03. The van der Waals surface area contributed by atoms with Crippen LogP contribution in [0.2, 0.25) is 0 Å². The second-order valence-corrected chi connectivity index (χ2v) is 2.16. The molecule has 10 heavy (non-hydrogen) atoms. The molecule has 0 saturated carbocycles. The molecule has 1 rings (SSSR count). The molecule has 0 nitrogen and oxygen atoms in total. The number of rotatable bonds is 2. The van der Waals surface area contributed by atoms with Crippen molar-refractivity contribution in [1.29, 1.82) is 0 Å². The van der Waals surface area contributed by atoms with E-state index in [1.54, 1.807) is 0 Å². The summed E-state index contributed by atoms with van der Waals surface area (Å²) in [5.41, 5.74) is 2.45. The van der Waals surface area contributed by atoms with E-state index >= 15 is 0 Å². The zero-order valence-electron chi connectivity index (χ0n) is 6.22. The molecule has 0 aliphatic heterocycles. The SMILES string of the molecule is C=Cc1ccc[c]c1CC. The summed E-state index contributed by atoms with van der Waals surface area (Å²) in [6.45, 7) is 5.84. The van der Waals surface area contributed by atoms with Crippen LogP contribution in [0.1, 0.15) is 18.1 Å². The summed E-state index contributed by atoms with van der Waals surface area (Å²) in [5.74, 6) is 0. The predicted octanol–water partition coefficient (Wildman–Crippen LogP) is 2.69. The van der Waals surface area contributed by atoms with Crippen LogP contribution in [0, 0.1) is 6.07 Å². The number of aryl methyl sites for hydroxylation is 1. The van der Waals surface area contributed by atoms with Gasteiger partial charge in [0, 0.05) is 0 Å². The van der Waals surface area contributed by atoms with Gasteiger partial charge in [-0.2, -0.15) is 0 Å². The lowest BCUT2D eigenvalue weighted by Crippen LogP contribution is -1.83. The molecule has 0 saturated heterocycles. The standard InChI is InChI=1S/C10H11/c1-3-9-7-5-6-8-10(9)4-2/h3,5-7H,1,4H2,2H3. The van der Waals surface area contributed by atoms with Crippen molar-refractivity contribution < 1.29 is 0 Å². The van der Waals surface area contributed by atoms with Crippen molar-refractivity contribution in [1.82, 2.24) is 0 Å². The third-order valence-electron chi connectivity index (χ3n) is 1.55. The molecule has 0 heterocycles. The highest BCUT2D eigenvalue weighted by Gasteiger charge is 1.92. The van der Waals surface area contributed by atoms with Crippen molar-refractivity contribution in [2.45, 2.75) is 13.3 Å². The molecular formula is C10H11. The first-order chi connectivity index (χ1) is 4.88. The van der Waals surface area contributed by atoms with Crippen molar-refractivity contribution in [3.63, 3.8) is 0 Å². The average Bonchev–Trinajstić information content (AvgIpc) is 2.04. The van der Waals surface area contributed by atoms with E-state index in [0.29, 0.717) is 0 Å². The van der Waals surface area contributed by atoms with Crippen LogP contribution in [-0.2, 0) is 6.42 Å². The Balaban J connectivity index is 3.08. The fraction of sp³-hybridized carbons (Fsp3) is 0.200. The smallest absolute Gasteiger partial charge is 0.0143 e. The van der Waals surface area contributed by atoms with E-state index in [-0.39, 0.29) is 0 Å². The van der Waals surface area contributed by atoms with Gasteiger partial charge in [-0.25, -0.2) is 0 Å². The van der Waals surface area contributed by atoms with Crippen LogP contribution in [0.3, 0.4) is 0 Å². The Morgan fingerprint density at radius 1 is 1.70 bits per heavy atom. The van der Waals surface area contributed by atoms with E-state index in [0.717, 1.165) is 6.42 Å². The number of benzene rings is 1. The molecule has 1 aromatic rings. The summed E-state index contributed by atoms with van der Waals surface area (Å²) in [6.07, 6.45) is 2.90. The fourth-order valence-corrected chi connectivity index (χ4v) is 0.982. The topological polar surface area (TPSA) is 0 Å². The Morgan fingerprint density at radius 3 is 3.00 bits per heavy atom. The van der Waals surface area contributed by atoms with Gasteiger partial charge < -0.3 is 0 Å². The van der Waals surface area contributed by atoms with Crippen LogP contribution in [-0.4, -0.2) is 0 Å². The van der Waals surface area contributed by atoms with Gasteiger partial charge in [0.2, 0.25) is 0 Å². The Morgan fingerprint density at radius 2 is 2.50 bits per heavy atom. The first-order valence-corrected chi connectivity index (χ1v) is 3.50. The van der Waals surface area contributed by atoms with Gasteiger partial charge in [0.05, 0.1) is 0 Å². The maximum absolute atomic E-state index is 3.72. The Kier molecular flexibility index (Phi) is 2.27. The summed E-state index contributed by atoms with van der Waals surface area (Å²) in [5, 5.41) is 0. The molecule has 51 valence electrons. The van der Waals surface area contributed by atoms with Gasteiger partial charge in [-0.1, -0.05) is 37.8 Å². The lowest BCUT2D eigenvalue weighted by atomic mass is 10.1. The van der Waals surface area contributed by atoms with E-state index in [1.807, 2.05) is 18.2 Å². The molecule has 0 spiro atoms. The molecule has 1 radical (unpaired) electrons. The third kappa shape index (κ3) is 1.27. The highest BCUT2D eigenvalue weighted by molar-refractivity contribution is 5.51. The number of hydrogen-bond acceptors (Lipinski definition) is 0. The number of hydrogen-bond donors (Lipinski definition) is 0. The van der Waals surface area contributed by atoms with E-state index in [9.17, 15) is 0 Å². The minimum Gasteiger partial charge on any atom is -0.0985 e. The molecule has 1 aromatic carbocycles. The zero-order chi connectivity index (χ0) is 7.40. The molecule has 0 bridgehead atoms. The monoisotopic (exact) mass is 131 g/mol. The van der Waals surface area contributed by atoms with Gasteiger partial charge in [0.25, 0.3) is 0 Å². The summed E-state index contributed by atoms with van der Waals surface area (Å²) < 4.78 is 0. The summed E-state index contributed by atoms with van der Waals surface area (Å²) in [4.78, 5) is 0. The Hall–Kier alpha value is -1.04. The lowest BCUT2D eigenvalue weighted by Gasteiger charge is -1.99. The van der Waals surface area contributed by atoms with Crippen LogP contribution in [0.25, 0.3) is 6.08 Å². The maximum atomic E-state index is 3.72. The van der Waals surface area contributed by atoms with Crippen LogP contribution in [0.5, 0.6) is 0 Å². The summed E-state index contributed by atoms with van der Waals surface area (Å²) >= 11 is 0. The van der Waals surface area contributed by atoms with E-state index < -0.39 is 0 Å². The van der Waals surface area contributed by atoms with Crippen molar-refractivity contribution in [3.8, 4) is 0 Å². The Bertz CT molecular complexity index is 223. The third-order valence-corrected chi connectivity index (χ3v) is 1.55. The van der Waals surface area contributed by atoms with Crippen molar-refractivity contribution in [2.24, 2.45) is 0 Å². The predicted molar refractivity (Wildman–Crippen MR) is 44.7 cm³/mol. The minimum absolute atomic E-state index is 1.03. The van der Waals surface area contributed by atoms with Crippen molar-refractivity contribution >= 4 is 6.08 Å². The van der Waals surface area contributed by atoms with Gasteiger partial charge in [0.1, 0.15) is 0 Å². The largest absolute Gasteiger partial charge is 0.0985 e. The van der Waals surface area contributed by atoms with E-state index in [4.69, 9.17) is 0 Å². The Labute approximate surface area is 62.2 Å². The molecular weight excluding hydrogens is 120 g/mol. The molecule has 0 atom stereocenters. The van der Waals surface area contributed by atoms with Gasteiger partial charge >= 0.3 is 0 Å². The van der Waals surface area contributed by atoms with Gasteiger partial charge in [-0.05, 0) is 23.6 Å². The summed E-state index contributed by atoms with van der Waals surface area (Å²) in [6, 6.07) is 9.14. The highest BCUT2D eigenvalue weighted by Crippen LogP contribution is 2.08. The molecule has 0 heteroatoms. The van der Waals surface area contributed by atoms with Gasteiger partial charge in [0.15, 0.2) is 0 Å². The first kappa shape index (κ1) is 7.07. The van der Waals surface area contributed by atoms with Crippen molar-refractivity contribution in [2.75, 3.05) is 0 Å². The lowest BCUT2D eigenvalue weighted by molar-refractivity contribution is 1.13. The molecule has 0 unspecified atom stereocenters. The zero-order valence-corrected chi connectivity index (χ0v) is 6.22. The fourth-order valence-electron chi connectivity index (χ4n) is 0.982. The second kappa shape index (κ2) is 3.21. The molecule has 0 fully saturated rings. The molecule has 0 N–H and O–H groups in total. The molecule has 0 amide bonds. The van der Waals surface area contributed by atoms with E-state index in [2.05, 4.69) is 25.6 Å². The maximum Gasteiger partial charge on any atom is -0.0143 e. The van der Waals surface area contributed by atoms with Gasteiger partial charge in [-0.3, -0.25) is 0 Å². The second-order valence-electron chi connectivity index (χ2n) is 2.16. The molecule has 0 aromatic heterocycles. The van der Waals surface area contributed by atoms with Crippen LogP contribution >= 0.6 is 0 Å². The van der Waals surface area contributed by atoms with Crippen LogP contribution in [0.4, 0.5) is 0 Å². The van der Waals surface area contributed by atoms with Crippen molar-refractivity contribution in [3.05, 3.63) is 42.0 Å². The van der Waals surface area contributed by atoms with E-state index in [1.165, 1.54) is 11.1 Å². The van der Waals surface area contributed by atoms with Gasteiger partial charge in [-0.15, -0.1) is 0 Å². The first-order valence-electron chi connectivity index (χ1n) is 3.50. The molecule has 0 aliphatic rings. The average molecular weight is 131 g/mol. The quantitative estimate of drug-likeness (QED) is 0.579.